The Morgan fingerprint density at radius 1 is 0.947 bits per heavy atom. The SMILES string of the molecule is Cc1cc(-c2ccc3c(c2)C=CC3C)cc(C)c1O. The Hall–Kier alpha value is -2.02. The van der Waals surface area contributed by atoms with Crippen LogP contribution >= 0.6 is 0 Å². The number of benzene rings is 2. The summed E-state index contributed by atoms with van der Waals surface area (Å²) in [5.74, 6) is 0.922. The third kappa shape index (κ3) is 1.95. The maximum atomic E-state index is 9.86. The summed E-state index contributed by atoms with van der Waals surface area (Å²) in [6.07, 6.45) is 4.44. The lowest BCUT2D eigenvalue weighted by Crippen LogP contribution is -1.89. The summed E-state index contributed by atoms with van der Waals surface area (Å²) in [6, 6.07) is 10.7. The van der Waals surface area contributed by atoms with E-state index in [2.05, 4.69) is 37.3 Å². The average Bonchev–Trinajstić information content (AvgIpc) is 2.76. The molecule has 0 saturated heterocycles. The molecule has 1 atom stereocenters. The van der Waals surface area contributed by atoms with Crippen molar-refractivity contribution in [2.45, 2.75) is 26.7 Å². The van der Waals surface area contributed by atoms with E-state index in [1.165, 1.54) is 22.3 Å². The van der Waals surface area contributed by atoms with E-state index in [9.17, 15) is 5.11 Å². The molecule has 0 aliphatic heterocycles. The molecule has 2 aromatic rings. The van der Waals surface area contributed by atoms with Gasteiger partial charge in [-0.1, -0.05) is 31.2 Å². The summed E-state index contributed by atoms with van der Waals surface area (Å²) in [7, 11) is 0. The molecular weight excluding hydrogens is 232 g/mol. The number of allylic oxidation sites excluding steroid dienone is 1. The highest BCUT2D eigenvalue weighted by atomic mass is 16.3. The van der Waals surface area contributed by atoms with Crippen LogP contribution < -0.4 is 0 Å². The van der Waals surface area contributed by atoms with Gasteiger partial charge in [0.25, 0.3) is 0 Å². The first kappa shape index (κ1) is 12.0. The van der Waals surface area contributed by atoms with Crippen LogP contribution in [0.1, 0.15) is 35.1 Å². The van der Waals surface area contributed by atoms with Gasteiger partial charge in [0.1, 0.15) is 5.75 Å². The van der Waals surface area contributed by atoms with Gasteiger partial charge in [0, 0.05) is 0 Å². The van der Waals surface area contributed by atoms with Crippen LogP contribution in [-0.2, 0) is 0 Å². The van der Waals surface area contributed by atoms with Crippen molar-refractivity contribution in [1.29, 1.82) is 0 Å². The van der Waals surface area contributed by atoms with Gasteiger partial charge in [0.05, 0.1) is 0 Å². The molecular formula is C18H18O. The molecule has 0 bridgehead atoms. The van der Waals surface area contributed by atoms with Crippen LogP contribution in [0.25, 0.3) is 17.2 Å². The predicted molar refractivity (Wildman–Crippen MR) is 80.5 cm³/mol. The Labute approximate surface area is 114 Å². The average molecular weight is 250 g/mol. The third-order valence-electron chi connectivity index (χ3n) is 3.97. The molecule has 1 heteroatoms. The number of fused-ring (bicyclic) bond motifs is 1. The lowest BCUT2D eigenvalue weighted by atomic mass is 9.95. The van der Waals surface area contributed by atoms with Gasteiger partial charge < -0.3 is 5.11 Å². The minimum Gasteiger partial charge on any atom is -0.507 e. The highest BCUT2D eigenvalue weighted by Gasteiger charge is 2.14. The zero-order chi connectivity index (χ0) is 13.6. The molecule has 1 nitrogen and oxygen atoms in total. The number of hydrogen-bond acceptors (Lipinski definition) is 1. The number of phenolic OH excluding ortho intramolecular Hbond substituents is 1. The van der Waals surface area contributed by atoms with Gasteiger partial charge in [-0.25, -0.2) is 0 Å². The van der Waals surface area contributed by atoms with Crippen LogP contribution in [0, 0.1) is 13.8 Å². The van der Waals surface area contributed by atoms with E-state index in [-0.39, 0.29) is 0 Å². The number of aromatic hydroxyl groups is 1. The van der Waals surface area contributed by atoms with Crippen molar-refractivity contribution < 1.29 is 5.11 Å². The zero-order valence-corrected chi connectivity index (χ0v) is 11.6. The normalized spacial score (nSPS) is 16.7. The first-order valence-electron chi connectivity index (χ1n) is 6.69. The fraction of sp³-hybridized carbons (Fsp3) is 0.222. The van der Waals surface area contributed by atoms with Gasteiger partial charge in [0.2, 0.25) is 0 Å². The van der Waals surface area contributed by atoms with Crippen molar-refractivity contribution in [3.05, 3.63) is 58.7 Å². The monoisotopic (exact) mass is 250 g/mol. The van der Waals surface area contributed by atoms with E-state index >= 15 is 0 Å². The van der Waals surface area contributed by atoms with E-state index in [0.29, 0.717) is 11.7 Å². The van der Waals surface area contributed by atoms with Crippen LogP contribution in [-0.4, -0.2) is 5.11 Å². The molecule has 0 radical (unpaired) electrons. The highest BCUT2D eigenvalue weighted by molar-refractivity contribution is 5.73. The Morgan fingerprint density at radius 2 is 1.63 bits per heavy atom. The van der Waals surface area contributed by atoms with Crippen molar-refractivity contribution in [2.75, 3.05) is 0 Å². The van der Waals surface area contributed by atoms with Crippen molar-refractivity contribution >= 4 is 6.08 Å². The van der Waals surface area contributed by atoms with Gasteiger partial charge in [-0.3, -0.25) is 0 Å². The van der Waals surface area contributed by atoms with Crippen LogP contribution in [0.15, 0.2) is 36.4 Å². The lowest BCUT2D eigenvalue weighted by Gasteiger charge is -2.10. The van der Waals surface area contributed by atoms with Crippen molar-refractivity contribution in [1.82, 2.24) is 0 Å². The van der Waals surface area contributed by atoms with E-state index in [1.807, 2.05) is 26.0 Å². The standard InChI is InChI=1S/C18H18O/c1-11-4-5-15-10-14(6-7-17(11)15)16-8-12(2)18(19)13(3)9-16/h4-11,19H,1-3H3. The molecule has 19 heavy (non-hydrogen) atoms. The maximum Gasteiger partial charge on any atom is 0.121 e. The smallest absolute Gasteiger partial charge is 0.121 e. The Morgan fingerprint density at radius 3 is 2.32 bits per heavy atom. The fourth-order valence-electron chi connectivity index (χ4n) is 2.79. The van der Waals surface area contributed by atoms with Gasteiger partial charge in [0.15, 0.2) is 0 Å². The molecule has 1 N–H and O–H groups in total. The number of hydrogen-bond donors (Lipinski definition) is 1. The van der Waals surface area contributed by atoms with Crippen molar-refractivity contribution in [3.63, 3.8) is 0 Å². The topological polar surface area (TPSA) is 20.2 Å². The zero-order valence-electron chi connectivity index (χ0n) is 11.6. The lowest BCUT2D eigenvalue weighted by molar-refractivity contribution is 0.467. The number of phenols is 1. The van der Waals surface area contributed by atoms with Crippen LogP contribution in [0.4, 0.5) is 0 Å². The van der Waals surface area contributed by atoms with Gasteiger partial charge in [-0.2, -0.15) is 0 Å². The molecule has 0 saturated carbocycles. The third-order valence-corrected chi connectivity index (χ3v) is 3.97. The van der Waals surface area contributed by atoms with Crippen molar-refractivity contribution in [2.24, 2.45) is 0 Å². The van der Waals surface area contributed by atoms with Crippen LogP contribution in [0.2, 0.25) is 0 Å². The first-order valence-corrected chi connectivity index (χ1v) is 6.69. The molecule has 1 aliphatic carbocycles. The van der Waals surface area contributed by atoms with Gasteiger partial charge in [-0.15, -0.1) is 0 Å². The Balaban J connectivity index is 2.11. The Bertz CT molecular complexity index is 657. The summed E-state index contributed by atoms with van der Waals surface area (Å²) in [6.45, 7) is 6.11. The van der Waals surface area contributed by atoms with Gasteiger partial charge >= 0.3 is 0 Å². The summed E-state index contributed by atoms with van der Waals surface area (Å²) < 4.78 is 0. The summed E-state index contributed by atoms with van der Waals surface area (Å²) in [4.78, 5) is 0. The molecule has 0 fully saturated rings. The quantitative estimate of drug-likeness (QED) is 0.770. The first-order chi connectivity index (χ1) is 9.06. The molecule has 0 spiro atoms. The van der Waals surface area contributed by atoms with E-state index in [0.717, 1.165) is 11.1 Å². The van der Waals surface area contributed by atoms with E-state index in [1.54, 1.807) is 0 Å². The summed E-state index contributed by atoms with van der Waals surface area (Å²) >= 11 is 0. The second-order valence-electron chi connectivity index (χ2n) is 5.45. The van der Waals surface area contributed by atoms with Crippen molar-refractivity contribution in [3.8, 4) is 16.9 Å². The summed E-state index contributed by atoms with van der Waals surface area (Å²) in [5.41, 5.74) is 6.95. The maximum absolute atomic E-state index is 9.86. The fourth-order valence-corrected chi connectivity index (χ4v) is 2.79. The Kier molecular flexibility index (Phi) is 2.70. The predicted octanol–water partition coefficient (Wildman–Crippen LogP) is 4.81. The molecule has 1 aliphatic rings. The second-order valence-corrected chi connectivity index (χ2v) is 5.45. The molecule has 3 rings (SSSR count). The molecule has 2 aromatic carbocycles. The second kappa shape index (κ2) is 4.27. The molecule has 1 unspecified atom stereocenters. The molecule has 0 heterocycles. The summed E-state index contributed by atoms with van der Waals surface area (Å²) in [5, 5.41) is 9.86. The number of aryl methyl sites for hydroxylation is 2. The minimum atomic E-state index is 0.401. The largest absolute Gasteiger partial charge is 0.507 e. The van der Waals surface area contributed by atoms with Crippen LogP contribution in [0.3, 0.4) is 0 Å². The minimum absolute atomic E-state index is 0.401. The molecule has 0 aromatic heterocycles. The van der Waals surface area contributed by atoms with Crippen LogP contribution in [0.5, 0.6) is 5.75 Å². The number of rotatable bonds is 1. The molecule has 96 valence electrons. The molecule has 0 amide bonds. The van der Waals surface area contributed by atoms with Gasteiger partial charge in [-0.05, 0) is 71.3 Å². The highest BCUT2D eigenvalue weighted by Crippen LogP contribution is 2.34. The van der Waals surface area contributed by atoms with E-state index in [4.69, 9.17) is 0 Å². The van der Waals surface area contributed by atoms with E-state index < -0.39 is 0 Å².